The summed E-state index contributed by atoms with van der Waals surface area (Å²) in [6.45, 7) is 2.13. The van der Waals surface area contributed by atoms with Gasteiger partial charge < -0.3 is 10.2 Å². The number of aliphatic hydroxyl groups is 2. The maximum atomic E-state index is 9.63. The Balaban J connectivity index is 2.25. The first-order valence-corrected chi connectivity index (χ1v) is 6.30. The number of aryl methyl sites for hydroxylation is 1. The van der Waals surface area contributed by atoms with Gasteiger partial charge in [-0.3, -0.25) is 0 Å². The molecule has 0 heterocycles. The van der Waals surface area contributed by atoms with Crippen molar-refractivity contribution in [3.63, 3.8) is 0 Å². The summed E-state index contributed by atoms with van der Waals surface area (Å²) in [5, 5.41) is 19.3. The normalized spacial score (nSPS) is 16.8. The van der Waals surface area contributed by atoms with Crippen molar-refractivity contribution in [2.24, 2.45) is 0 Å². The Hall–Kier alpha value is -1.64. The van der Waals surface area contributed by atoms with Crippen LogP contribution in [0.25, 0.3) is 11.1 Å². The fraction of sp³-hybridized carbons (Fsp3) is 0.250. The molecule has 0 fully saturated rings. The van der Waals surface area contributed by atoms with Crippen molar-refractivity contribution in [3.05, 3.63) is 59.2 Å². The molecular formula is C16H16O2. The van der Waals surface area contributed by atoms with Crippen molar-refractivity contribution in [1.82, 2.24) is 0 Å². The minimum atomic E-state index is -1.35. The predicted molar refractivity (Wildman–Crippen MR) is 71.3 cm³/mol. The first kappa shape index (κ1) is 11.5. The quantitative estimate of drug-likeness (QED) is 0.792. The van der Waals surface area contributed by atoms with Gasteiger partial charge in [0.2, 0.25) is 0 Å². The Morgan fingerprint density at radius 1 is 1.00 bits per heavy atom. The fourth-order valence-electron chi connectivity index (χ4n) is 2.83. The predicted octanol–water partition coefficient (Wildman–Crippen LogP) is 2.67. The molecule has 2 N–H and O–H groups in total. The summed E-state index contributed by atoms with van der Waals surface area (Å²) in [5.41, 5.74) is 5.57. The second-order valence-electron chi connectivity index (χ2n) is 4.75. The molecule has 2 aromatic rings. The molecule has 0 amide bonds. The number of rotatable bonds is 2. The molecule has 18 heavy (non-hydrogen) atoms. The van der Waals surface area contributed by atoms with Gasteiger partial charge in [-0.15, -0.1) is 0 Å². The number of fused-ring (bicyclic) bond motifs is 3. The lowest BCUT2D eigenvalue weighted by atomic mass is 9.95. The topological polar surface area (TPSA) is 40.5 Å². The molecular weight excluding hydrogens is 224 g/mol. The summed E-state index contributed by atoms with van der Waals surface area (Å²) in [7, 11) is 0. The van der Waals surface area contributed by atoms with E-state index in [-0.39, 0.29) is 5.92 Å². The average molecular weight is 240 g/mol. The molecule has 0 radical (unpaired) electrons. The van der Waals surface area contributed by atoms with Crippen molar-refractivity contribution in [2.75, 3.05) is 0 Å². The molecule has 0 spiro atoms. The van der Waals surface area contributed by atoms with E-state index in [1.54, 1.807) is 0 Å². The first-order valence-electron chi connectivity index (χ1n) is 6.30. The molecule has 1 aliphatic rings. The van der Waals surface area contributed by atoms with Crippen LogP contribution in [0.4, 0.5) is 0 Å². The second kappa shape index (κ2) is 4.23. The van der Waals surface area contributed by atoms with E-state index in [9.17, 15) is 10.2 Å². The van der Waals surface area contributed by atoms with E-state index in [1.165, 1.54) is 5.56 Å². The Bertz CT molecular complexity index is 587. The fourth-order valence-corrected chi connectivity index (χ4v) is 2.83. The zero-order valence-electron chi connectivity index (χ0n) is 10.3. The smallest absolute Gasteiger partial charge is 0.162 e. The lowest BCUT2D eigenvalue weighted by Crippen LogP contribution is -2.16. The minimum absolute atomic E-state index is 0.317. The lowest BCUT2D eigenvalue weighted by Gasteiger charge is -2.15. The van der Waals surface area contributed by atoms with Gasteiger partial charge in [-0.2, -0.15) is 0 Å². The Morgan fingerprint density at radius 3 is 2.44 bits per heavy atom. The van der Waals surface area contributed by atoms with E-state index in [1.807, 2.05) is 24.3 Å². The third-order valence-electron chi connectivity index (χ3n) is 3.75. The Labute approximate surface area is 107 Å². The van der Waals surface area contributed by atoms with Gasteiger partial charge in [0.15, 0.2) is 6.29 Å². The van der Waals surface area contributed by atoms with Crippen LogP contribution < -0.4 is 0 Å². The van der Waals surface area contributed by atoms with Gasteiger partial charge in [0.1, 0.15) is 0 Å². The highest BCUT2D eigenvalue weighted by Crippen LogP contribution is 2.46. The number of hydrogen-bond acceptors (Lipinski definition) is 2. The lowest BCUT2D eigenvalue weighted by molar-refractivity contribution is -0.0503. The zero-order chi connectivity index (χ0) is 12.7. The van der Waals surface area contributed by atoms with Gasteiger partial charge in [-0.25, -0.2) is 0 Å². The van der Waals surface area contributed by atoms with Crippen molar-refractivity contribution < 1.29 is 10.2 Å². The molecule has 1 aliphatic carbocycles. The Kier molecular flexibility index (Phi) is 2.69. The molecule has 92 valence electrons. The van der Waals surface area contributed by atoms with Crippen LogP contribution >= 0.6 is 0 Å². The van der Waals surface area contributed by atoms with Gasteiger partial charge >= 0.3 is 0 Å². The van der Waals surface area contributed by atoms with Gasteiger partial charge in [0.05, 0.1) is 5.92 Å². The molecule has 0 aliphatic heterocycles. The van der Waals surface area contributed by atoms with E-state index in [0.29, 0.717) is 0 Å². The highest BCUT2D eigenvalue weighted by Gasteiger charge is 2.32. The molecule has 0 saturated carbocycles. The second-order valence-corrected chi connectivity index (χ2v) is 4.75. The van der Waals surface area contributed by atoms with Crippen molar-refractivity contribution >= 4 is 0 Å². The molecule has 2 nitrogen and oxygen atoms in total. The van der Waals surface area contributed by atoms with Crippen molar-refractivity contribution in [3.8, 4) is 11.1 Å². The molecule has 0 bridgehead atoms. The van der Waals surface area contributed by atoms with Crippen molar-refractivity contribution in [2.45, 2.75) is 25.6 Å². The summed E-state index contributed by atoms with van der Waals surface area (Å²) in [6.07, 6.45) is -0.359. The highest BCUT2D eigenvalue weighted by molar-refractivity contribution is 5.79. The van der Waals surface area contributed by atoms with Crippen LogP contribution in [0.2, 0.25) is 0 Å². The molecule has 2 heteroatoms. The molecule has 1 unspecified atom stereocenters. The van der Waals surface area contributed by atoms with E-state index < -0.39 is 6.29 Å². The number of hydrogen-bond donors (Lipinski definition) is 2. The van der Waals surface area contributed by atoms with Crippen LogP contribution in [0, 0.1) is 0 Å². The zero-order valence-corrected chi connectivity index (χ0v) is 10.3. The van der Waals surface area contributed by atoms with Gasteiger partial charge in [-0.05, 0) is 34.2 Å². The highest BCUT2D eigenvalue weighted by atomic mass is 16.5. The summed E-state index contributed by atoms with van der Waals surface area (Å²) in [5.74, 6) is -0.317. The van der Waals surface area contributed by atoms with E-state index >= 15 is 0 Å². The molecule has 1 atom stereocenters. The molecule has 3 rings (SSSR count). The summed E-state index contributed by atoms with van der Waals surface area (Å²) < 4.78 is 0. The van der Waals surface area contributed by atoms with Crippen molar-refractivity contribution in [1.29, 1.82) is 0 Å². The van der Waals surface area contributed by atoms with Crippen LogP contribution in [0.5, 0.6) is 0 Å². The van der Waals surface area contributed by atoms with E-state index in [2.05, 4.69) is 25.1 Å². The maximum Gasteiger partial charge on any atom is 0.162 e. The summed E-state index contributed by atoms with van der Waals surface area (Å²) in [4.78, 5) is 0. The van der Waals surface area contributed by atoms with Crippen LogP contribution in [-0.4, -0.2) is 16.5 Å². The standard InChI is InChI=1S/C16H16O2/c1-2-10-7-8-13-14(9-10)11-5-3-4-6-12(11)15(13)16(17)18/h3-9,15-18H,2H2,1H3. The first-order chi connectivity index (χ1) is 8.72. The van der Waals surface area contributed by atoms with Crippen LogP contribution in [0.15, 0.2) is 42.5 Å². The third kappa shape index (κ3) is 1.57. The molecule has 0 aromatic heterocycles. The minimum Gasteiger partial charge on any atom is -0.367 e. The van der Waals surface area contributed by atoms with E-state index in [4.69, 9.17) is 0 Å². The third-order valence-corrected chi connectivity index (χ3v) is 3.75. The van der Waals surface area contributed by atoms with Gasteiger partial charge in [0, 0.05) is 0 Å². The maximum absolute atomic E-state index is 9.63. The number of aliphatic hydroxyl groups excluding tert-OH is 1. The number of benzene rings is 2. The van der Waals surface area contributed by atoms with Crippen LogP contribution in [-0.2, 0) is 6.42 Å². The molecule has 0 saturated heterocycles. The van der Waals surface area contributed by atoms with E-state index in [0.717, 1.165) is 28.7 Å². The molecule has 2 aromatic carbocycles. The summed E-state index contributed by atoms with van der Waals surface area (Å²) >= 11 is 0. The van der Waals surface area contributed by atoms with Crippen LogP contribution in [0.3, 0.4) is 0 Å². The van der Waals surface area contributed by atoms with Gasteiger partial charge in [0.25, 0.3) is 0 Å². The SMILES string of the molecule is CCc1ccc2c(c1)-c1ccccc1C2C(O)O. The largest absolute Gasteiger partial charge is 0.367 e. The van der Waals surface area contributed by atoms with Crippen LogP contribution in [0.1, 0.15) is 29.5 Å². The Morgan fingerprint density at radius 2 is 1.72 bits per heavy atom. The summed E-state index contributed by atoms with van der Waals surface area (Å²) in [6, 6.07) is 14.2. The monoisotopic (exact) mass is 240 g/mol. The average Bonchev–Trinajstić information content (AvgIpc) is 2.72. The van der Waals surface area contributed by atoms with Gasteiger partial charge in [-0.1, -0.05) is 49.4 Å².